The fraction of sp³-hybridized carbons (Fsp3) is 0.867. The smallest absolute Gasteiger partial charge is 0.674 e. The van der Waals surface area contributed by atoms with Gasteiger partial charge in [-0.2, -0.15) is 0 Å². The molecule has 0 bridgehead atoms. The minimum atomic E-state index is -1.44. The summed E-state index contributed by atoms with van der Waals surface area (Å²) in [4.78, 5) is 20.7. The summed E-state index contributed by atoms with van der Waals surface area (Å²) in [5, 5.41) is 16.9. The quantitative estimate of drug-likeness (QED) is 0.574. The second kappa shape index (κ2) is 7.41. The zero-order valence-corrected chi connectivity index (χ0v) is 14.8. The van der Waals surface area contributed by atoms with Gasteiger partial charge in [-0.3, -0.25) is 9.59 Å². The van der Waals surface area contributed by atoms with Crippen molar-refractivity contribution in [3.8, 4) is 0 Å². The molecule has 0 saturated heterocycles. The van der Waals surface area contributed by atoms with Crippen LogP contribution in [0, 0.1) is 10.8 Å². The molecule has 3 saturated carbocycles. The number of hydrogen-bond donors (Lipinski definition) is 2. The van der Waals surface area contributed by atoms with Crippen molar-refractivity contribution in [3.05, 3.63) is 11.5 Å². The van der Waals surface area contributed by atoms with E-state index in [-0.39, 0.29) is 51.4 Å². The first kappa shape index (κ1) is 19.6. The van der Waals surface area contributed by atoms with Crippen LogP contribution in [0.25, 0.3) is 11.5 Å². The van der Waals surface area contributed by atoms with E-state index in [2.05, 4.69) is 0 Å². The summed E-state index contributed by atoms with van der Waals surface area (Å²) >= 11 is 0. The molecule has 0 aliphatic heterocycles. The van der Waals surface area contributed by atoms with Crippen LogP contribution in [0.5, 0.6) is 0 Å². The van der Waals surface area contributed by atoms with Crippen molar-refractivity contribution in [1.29, 1.82) is 0 Å². The third kappa shape index (κ3) is 3.24. The minimum Gasteiger partial charge on any atom is -0.674 e. The van der Waals surface area contributed by atoms with Gasteiger partial charge in [0.15, 0.2) is 5.41 Å². The summed E-state index contributed by atoms with van der Waals surface area (Å²) in [6.45, 7) is 0. The van der Waals surface area contributed by atoms with E-state index >= 15 is 0 Å². The van der Waals surface area contributed by atoms with Gasteiger partial charge in [-0.05, 0) is 19.3 Å². The Labute approximate surface area is 145 Å². The Morgan fingerprint density at radius 3 is 1.36 bits per heavy atom. The summed E-state index contributed by atoms with van der Waals surface area (Å²) in [6, 6.07) is 0.181. The van der Waals surface area contributed by atoms with E-state index in [9.17, 15) is 9.59 Å². The van der Waals surface area contributed by atoms with Crippen LogP contribution < -0.4 is 0 Å². The molecule has 22 heavy (non-hydrogen) atoms. The molecule has 0 aromatic rings. The predicted molar refractivity (Wildman–Crippen MR) is 77.9 cm³/mol. The first-order chi connectivity index (χ1) is 9.85. The maximum Gasteiger partial charge on any atom is 2.00 e. The Morgan fingerprint density at radius 2 is 1.23 bits per heavy atom. The van der Waals surface area contributed by atoms with E-state index in [0.717, 1.165) is 25.7 Å². The predicted octanol–water partition coefficient (Wildman–Crippen LogP) is 3.51. The molecule has 2 atom stereocenters. The van der Waals surface area contributed by atoms with Crippen molar-refractivity contribution in [2.45, 2.75) is 69.9 Å². The molecule has 7 heteroatoms. The average Bonchev–Trinajstić information content (AvgIpc) is 2.87. The Morgan fingerprint density at radius 1 is 0.818 bits per heavy atom. The van der Waals surface area contributed by atoms with Crippen LogP contribution in [0.1, 0.15) is 57.8 Å². The normalized spacial score (nSPS) is 30.6. The van der Waals surface area contributed by atoms with Gasteiger partial charge >= 0.3 is 33.0 Å². The average molecular weight is 491 g/mol. The maximum absolute atomic E-state index is 10.4. The van der Waals surface area contributed by atoms with E-state index in [4.69, 9.17) is 21.7 Å². The van der Waals surface area contributed by atoms with Crippen LogP contribution in [0.3, 0.4) is 0 Å². The number of nitrogens with one attached hydrogen (secondary N) is 2. The van der Waals surface area contributed by atoms with Gasteiger partial charge in [0.1, 0.15) is 0 Å². The molecule has 3 aliphatic carbocycles. The van der Waals surface area contributed by atoms with Crippen molar-refractivity contribution < 1.29 is 40.9 Å². The molecule has 4 N–H and O–H groups in total. The molecule has 0 amide bonds. The van der Waals surface area contributed by atoms with E-state index in [1.807, 2.05) is 0 Å². The molecule has 128 valence electrons. The van der Waals surface area contributed by atoms with Crippen LogP contribution in [-0.4, -0.2) is 34.2 Å². The third-order valence-electron chi connectivity index (χ3n) is 5.68. The fourth-order valence-corrected chi connectivity index (χ4v) is 3.96. The van der Waals surface area contributed by atoms with E-state index in [1.165, 1.54) is 12.8 Å². The number of carboxylic acids is 2. The zero-order valence-electron chi connectivity index (χ0n) is 12.5. The largest absolute Gasteiger partial charge is 2.00 e. The van der Waals surface area contributed by atoms with E-state index < -0.39 is 17.4 Å². The number of aliphatic carboxylic acids is 2. The van der Waals surface area contributed by atoms with Gasteiger partial charge in [0.05, 0.1) is 0 Å². The number of carbonyl (C=O) groups is 2. The standard InChI is InChI=1S/C9H16N2.C6H8O4.Pt/c10-7-3-1-5-9(7)6-2-4-8(9)11;7-4(8)6(5(9)10)2-1-3-6;/h7-8,10-11H,1-6H2;1-3H2,(H,7,8)(H,9,10);/q-2;;+2/t7-,8-,9?;;/m0../s1. The molecule has 3 aliphatic rings. The topological polar surface area (TPSA) is 122 Å². The molecule has 0 radical (unpaired) electrons. The summed E-state index contributed by atoms with van der Waals surface area (Å²) in [7, 11) is 0. The Hall–Kier alpha value is -0.452. The maximum atomic E-state index is 10.4. The van der Waals surface area contributed by atoms with Crippen LogP contribution in [0.2, 0.25) is 0 Å². The Bertz CT molecular complexity index is 392. The summed E-state index contributed by atoms with van der Waals surface area (Å²) in [5.74, 6) is -2.41. The Kier molecular flexibility index (Phi) is 6.60. The molecular weight excluding hydrogens is 467 g/mol. The van der Waals surface area contributed by atoms with Crippen molar-refractivity contribution in [2.24, 2.45) is 10.8 Å². The molecule has 3 rings (SSSR count). The van der Waals surface area contributed by atoms with Gasteiger partial charge in [-0.15, -0.1) is 12.1 Å². The van der Waals surface area contributed by atoms with Crippen molar-refractivity contribution in [2.75, 3.05) is 0 Å². The van der Waals surface area contributed by atoms with Gasteiger partial charge < -0.3 is 21.7 Å². The SMILES string of the molecule is O=C(O)C1(C(=O)O)CCC1.[NH-][C@H]1CCCC12CCC[C@@H]2[NH-].[Pt+2]. The number of rotatable bonds is 2. The van der Waals surface area contributed by atoms with E-state index in [0.29, 0.717) is 6.42 Å². The Balaban J connectivity index is 0.000000212. The summed E-state index contributed by atoms with van der Waals surface area (Å²) in [6.07, 6.45) is 8.08. The van der Waals surface area contributed by atoms with Crippen LogP contribution in [0.4, 0.5) is 0 Å². The van der Waals surface area contributed by atoms with Gasteiger partial charge in [-0.1, -0.05) is 43.9 Å². The van der Waals surface area contributed by atoms with E-state index in [1.54, 1.807) is 0 Å². The zero-order chi connectivity index (χ0) is 15.7. The summed E-state index contributed by atoms with van der Waals surface area (Å²) < 4.78 is 0. The van der Waals surface area contributed by atoms with Crippen molar-refractivity contribution in [3.63, 3.8) is 0 Å². The van der Waals surface area contributed by atoms with Crippen LogP contribution >= 0.6 is 0 Å². The molecule has 0 heterocycles. The second-order valence-electron chi connectivity index (χ2n) is 6.67. The number of carboxylic acid groups (broad SMARTS) is 2. The van der Waals surface area contributed by atoms with Gasteiger partial charge in [-0.25, -0.2) is 0 Å². The molecule has 0 aromatic heterocycles. The minimum absolute atomic E-state index is 0. The second-order valence-corrected chi connectivity index (χ2v) is 6.67. The third-order valence-corrected chi connectivity index (χ3v) is 5.68. The van der Waals surface area contributed by atoms with Crippen LogP contribution in [0.15, 0.2) is 0 Å². The molecule has 1 spiro atoms. The molecular formula is C15H24N2O4Pt. The summed E-state index contributed by atoms with van der Waals surface area (Å²) in [5.41, 5.74) is 14.5. The molecule has 0 unspecified atom stereocenters. The first-order valence-electron chi connectivity index (χ1n) is 7.74. The molecule has 0 aromatic carbocycles. The van der Waals surface area contributed by atoms with Gasteiger partial charge in [0.25, 0.3) is 0 Å². The van der Waals surface area contributed by atoms with Crippen LogP contribution in [-0.2, 0) is 30.7 Å². The van der Waals surface area contributed by atoms with Crippen molar-refractivity contribution >= 4 is 11.9 Å². The van der Waals surface area contributed by atoms with Gasteiger partial charge in [0.2, 0.25) is 0 Å². The number of hydrogen-bond acceptors (Lipinski definition) is 2. The molecule has 6 nitrogen and oxygen atoms in total. The molecule has 3 fully saturated rings. The monoisotopic (exact) mass is 491 g/mol. The van der Waals surface area contributed by atoms with Crippen molar-refractivity contribution in [1.82, 2.24) is 0 Å². The first-order valence-corrected chi connectivity index (χ1v) is 7.74. The van der Waals surface area contributed by atoms with Gasteiger partial charge in [0, 0.05) is 0 Å². The fourth-order valence-electron chi connectivity index (χ4n) is 3.96.